The van der Waals surface area contributed by atoms with Gasteiger partial charge in [-0.15, -0.1) is 0 Å². The number of hydrogen-bond acceptors (Lipinski definition) is 10. The smallest absolute Gasteiger partial charge is 0.305 e. The van der Waals surface area contributed by atoms with Crippen molar-refractivity contribution in [2.45, 2.75) is 142 Å². The number of aliphatic carboxylic acids is 1. The molecule has 3 rings (SSSR count). The van der Waals surface area contributed by atoms with Gasteiger partial charge >= 0.3 is 5.97 Å². The number of carbonyl (C=O) groups excluding carboxylic acids is 7. The Kier molecular flexibility index (Phi) is 16.9. The Morgan fingerprint density at radius 3 is 2.09 bits per heavy atom. The summed E-state index contributed by atoms with van der Waals surface area (Å²) in [7, 11) is 1.42. The first-order valence-electron chi connectivity index (χ1n) is 20.0. The van der Waals surface area contributed by atoms with Crippen LogP contribution in [0.15, 0.2) is 24.3 Å². The van der Waals surface area contributed by atoms with E-state index in [-0.39, 0.29) is 31.7 Å². The highest BCUT2D eigenvalue weighted by Crippen LogP contribution is 2.24. The van der Waals surface area contributed by atoms with E-state index in [4.69, 9.17) is 0 Å². The Morgan fingerprint density at radius 1 is 0.897 bits per heavy atom. The zero-order chi connectivity index (χ0) is 43.6. The van der Waals surface area contributed by atoms with Gasteiger partial charge in [0.25, 0.3) is 0 Å². The van der Waals surface area contributed by atoms with Crippen LogP contribution in [0.3, 0.4) is 0 Å². The number of hydrogen-bond donors (Lipinski definition) is 7. The lowest BCUT2D eigenvalue weighted by Gasteiger charge is -2.38. The number of carboxylic acids is 1. The maximum Gasteiger partial charge on any atom is 0.305 e. The van der Waals surface area contributed by atoms with Crippen molar-refractivity contribution in [3.63, 3.8) is 0 Å². The number of carboxylic acid groups (broad SMARTS) is 1. The van der Waals surface area contributed by atoms with Gasteiger partial charge in [-0.1, -0.05) is 43.7 Å². The average Bonchev–Trinajstić information content (AvgIpc) is 3.57. The summed E-state index contributed by atoms with van der Waals surface area (Å²) >= 11 is 0. The summed E-state index contributed by atoms with van der Waals surface area (Å²) in [5.74, 6) is -7.43. The Morgan fingerprint density at radius 2 is 1.52 bits per heavy atom. The van der Waals surface area contributed by atoms with Gasteiger partial charge in [-0.2, -0.15) is 0 Å². The predicted octanol–water partition coefficient (Wildman–Crippen LogP) is 0.193. The van der Waals surface area contributed by atoms with Crippen LogP contribution < -0.4 is 26.6 Å². The van der Waals surface area contributed by atoms with Crippen LogP contribution in [0.5, 0.6) is 0 Å². The monoisotopic (exact) mass is 813 g/mol. The van der Waals surface area contributed by atoms with E-state index in [0.29, 0.717) is 12.8 Å². The van der Waals surface area contributed by atoms with E-state index < -0.39 is 114 Å². The fourth-order valence-electron chi connectivity index (χ4n) is 7.47. The number of fused-ring (bicyclic) bond motifs is 1. The van der Waals surface area contributed by atoms with E-state index >= 15 is 0 Å². The van der Waals surface area contributed by atoms with Gasteiger partial charge in [0.2, 0.25) is 35.4 Å². The molecule has 2 fully saturated rings. The molecular weight excluding hydrogens is 750 g/mol. The first-order valence-corrected chi connectivity index (χ1v) is 20.0. The molecule has 0 unspecified atom stereocenters. The van der Waals surface area contributed by atoms with Gasteiger partial charge in [0.15, 0.2) is 5.78 Å². The van der Waals surface area contributed by atoms with Gasteiger partial charge in [0.1, 0.15) is 24.2 Å². The molecule has 0 aromatic heterocycles. The number of Topliss-reactive ketones (excluding diaryl/α,β-unsaturated/α-hetero) is 1. The molecule has 1 aromatic rings. The lowest BCUT2D eigenvalue weighted by molar-refractivity contribution is -0.142. The SMILES string of the molecule is Cc1ccc(C[C@@H]2NC(=O)[C@@H]3CCCN3[C@H](C(=O)NC(C)(C)C)[C@H](C)NC(=O)[C@H]([C@@H](C)O)NC(=O)[C@H](CC(=O)O)NC(=O)[C@H](CC(C)C)CC(=O)CN(C)C2=O)cc1. The fourth-order valence-corrected chi connectivity index (χ4v) is 7.47. The molecule has 0 spiro atoms. The topological polar surface area (TPSA) is 244 Å². The Hall–Kier alpha value is -4.90. The van der Waals surface area contributed by atoms with Crippen LogP contribution in [-0.2, 0) is 44.8 Å². The normalized spacial score (nSPS) is 27.1. The Balaban J connectivity index is 2.15. The molecule has 58 heavy (non-hydrogen) atoms. The number of amides is 6. The second kappa shape index (κ2) is 20.7. The van der Waals surface area contributed by atoms with Gasteiger partial charge in [-0.25, -0.2) is 0 Å². The third-order valence-electron chi connectivity index (χ3n) is 10.2. The zero-order valence-corrected chi connectivity index (χ0v) is 35.2. The molecule has 6 amide bonds. The van der Waals surface area contributed by atoms with Crippen LogP contribution in [0.2, 0.25) is 0 Å². The summed E-state index contributed by atoms with van der Waals surface area (Å²) in [5, 5.41) is 33.7. The van der Waals surface area contributed by atoms with Gasteiger partial charge in [-0.05, 0) is 78.8 Å². The van der Waals surface area contributed by atoms with Crippen LogP contribution in [-0.4, -0.2) is 135 Å². The number of ketones is 1. The summed E-state index contributed by atoms with van der Waals surface area (Å²) in [6, 6.07) is -0.135. The van der Waals surface area contributed by atoms with Crippen molar-refractivity contribution in [2.75, 3.05) is 20.1 Å². The third-order valence-corrected chi connectivity index (χ3v) is 10.2. The maximum absolute atomic E-state index is 14.3. The lowest BCUT2D eigenvalue weighted by atomic mass is 9.91. The molecule has 7 N–H and O–H groups in total. The Labute approximate surface area is 340 Å². The van der Waals surface area contributed by atoms with Crippen LogP contribution >= 0.6 is 0 Å². The minimum Gasteiger partial charge on any atom is -0.481 e. The van der Waals surface area contributed by atoms with Crippen molar-refractivity contribution in [3.8, 4) is 0 Å². The van der Waals surface area contributed by atoms with Crippen molar-refractivity contribution >= 4 is 47.2 Å². The molecule has 0 aliphatic carbocycles. The molecule has 17 nitrogen and oxygen atoms in total. The molecule has 8 atom stereocenters. The average molecular weight is 814 g/mol. The molecule has 2 aliphatic rings. The largest absolute Gasteiger partial charge is 0.481 e. The highest BCUT2D eigenvalue weighted by Gasteiger charge is 2.44. The maximum atomic E-state index is 14.3. The molecule has 2 heterocycles. The van der Waals surface area contributed by atoms with Gasteiger partial charge in [-0.3, -0.25) is 43.3 Å². The molecule has 17 heteroatoms. The second-order valence-corrected chi connectivity index (χ2v) is 17.3. The molecule has 1 aromatic carbocycles. The van der Waals surface area contributed by atoms with Crippen LogP contribution in [0, 0.1) is 18.8 Å². The number of aryl methyl sites for hydroxylation is 1. The minimum atomic E-state index is -1.70. The highest BCUT2D eigenvalue weighted by atomic mass is 16.4. The minimum absolute atomic E-state index is 0.0849. The number of aliphatic hydroxyl groups excluding tert-OH is 1. The standard InChI is InChI=1S/C41H63N7O10/c1-22(2)17-27-19-28(50)21-47(9)40(58)30(18-26-14-12-23(3)13-15-26)44-37(55)31-11-10-16-48(31)34(39(57)46-41(6,7)8)24(4)42-38(56)33(25(5)49)45-36(54)29(20-32(51)52)43-35(27)53/h12-15,22,24-25,27,29-31,33-34,49H,10-11,16-21H2,1-9H3,(H,42,56)(H,43,53)(H,44,55)(H,45,54)(H,46,57)(H,51,52)/t24-,25+,27+,29-,30-,31-,33-,34-/m0/s1. The van der Waals surface area contributed by atoms with Gasteiger partial charge in [0, 0.05) is 31.3 Å². The van der Waals surface area contributed by atoms with Crippen molar-refractivity contribution in [1.82, 2.24) is 36.4 Å². The summed E-state index contributed by atoms with van der Waals surface area (Å²) in [6.07, 6.45) is -1.65. The van der Waals surface area contributed by atoms with E-state index in [1.165, 1.54) is 18.9 Å². The van der Waals surface area contributed by atoms with Crippen molar-refractivity contribution < 1.29 is 48.6 Å². The summed E-state index contributed by atoms with van der Waals surface area (Å²) in [4.78, 5) is 112. The number of rotatable bonds is 8. The van der Waals surface area contributed by atoms with Crippen LogP contribution in [0.4, 0.5) is 0 Å². The van der Waals surface area contributed by atoms with Crippen LogP contribution in [0.25, 0.3) is 0 Å². The Bertz CT molecular complexity index is 1680. The number of aliphatic hydroxyl groups is 1. The molecule has 322 valence electrons. The molecule has 0 bridgehead atoms. The first kappa shape index (κ1) is 47.5. The lowest BCUT2D eigenvalue weighted by Crippen LogP contribution is -2.65. The fraction of sp³-hybridized carbons (Fsp3) is 0.659. The van der Waals surface area contributed by atoms with E-state index in [9.17, 15) is 48.6 Å². The number of nitrogens with zero attached hydrogens (tertiary/aromatic N) is 2. The molecule has 0 saturated carbocycles. The van der Waals surface area contributed by atoms with E-state index in [1.807, 2.05) is 45.0 Å². The van der Waals surface area contributed by atoms with Crippen molar-refractivity contribution in [3.05, 3.63) is 35.4 Å². The number of likely N-dealkylation sites (N-methyl/N-ethyl adjacent to an activating group) is 1. The van der Waals surface area contributed by atoms with E-state index in [0.717, 1.165) is 11.1 Å². The summed E-state index contributed by atoms with van der Waals surface area (Å²) in [5.41, 5.74) is 1.02. The van der Waals surface area contributed by atoms with Gasteiger partial charge < -0.3 is 41.7 Å². The molecular formula is C41H63N7O10. The zero-order valence-electron chi connectivity index (χ0n) is 35.2. The molecule has 2 aliphatic heterocycles. The number of nitrogens with one attached hydrogen (secondary N) is 5. The second-order valence-electron chi connectivity index (χ2n) is 17.3. The first-order chi connectivity index (χ1) is 27.0. The summed E-state index contributed by atoms with van der Waals surface area (Å²) in [6.45, 7) is 13.5. The van der Waals surface area contributed by atoms with E-state index in [2.05, 4.69) is 26.6 Å². The number of benzene rings is 1. The highest BCUT2D eigenvalue weighted by molar-refractivity contribution is 5.97. The third kappa shape index (κ3) is 13.9. The van der Waals surface area contributed by atoms with E-state index in [1.54, 1.807) is 32.6 Å². The van der Waals surface area contributed by atoms with Gasteiger partial charge in [0.05, 0.1) is 31.2 Å². The van der Waals surface area contributed by atoms with Crippen molar-refractivity contribution in [1.29, 1.82) is 0 Å². The molecule has 0 radical (unpaired) electrons. The molecule has 2 saturated heterocycles. The summed E-state index contributed by atoms with van der Waals surface area (Å²) < 4.78 is 0. The van der Waals surface area contributed by atoms with Crippen molar-refractivity contribution in [2.24, 2.45) is 11.8 Å². The van der Waals surface area contributed by atoms with Crippen LogP contribution in [0.1, 0.15) is 91.7 Å². The quantitative estimate of drug-likeness (QED) is 0.187. The predicted molar refractivity (Wildman–Crippen MR) is 214 cm³/mol. The number of carbonyl (C=O) groups is 8.